The number of aliphatic hydroxyl groups excluding tert-OH is 2. The average molecular weight is 186 g/mol. The summed E-state index contributed by atoms with van der Waals surface area (Å²) in [4.78, 5) is 0. The van der Waals surface area contributed by atoms with E-state index < -0.39 is 12.2 Å². The normalized spacial score (nSPS) is 15.8. The van der Waals surface area contributed by atoms with E-state index in [1.54, 1.807) is 13.8 Å². The standard InChI is InChI=1S/C6H15NO3.ClH/c1-5(8)3-7(10)4-6(2)9;/h5-6,8-10H,3-4H2,1-2H3;1H. The minimum atomic E-state index is -0.566. The Morgan fingerprint density at radius 3 is 1.55 bits per heavy atom. The second-order valence-corrected chi connectivity index (χ2v) is 2.57. The highest BCUT2D eigenvalue weighted by atomic mass is 35.5. The van der Waals surface area contributed by atoms with Gasteiger partial charge in [0.05, 0.1) is 12.2 Å². The van der Waals surface area contributed by atoms with E-state index in [4.69, 9.17) is 15.4 Å². The van der Waals surface area contributed by atoms with E-state index in [1.807, 2.05) is 0 Å². The maximum Gasteiger partial charge on any atom is 0.0662 e. The molecule has 0 heterocycles. The van der Waals surface area contributed by atoms with Gasteiger partial charge >= 0.3 is 0 Å². The van der Waals surface area contributed by atoms with E-state index in [9.17, 15) is 0 Å². The average Bonchev–Trinajstić information content (AvgIpc) is 1.58. The zero-order chi connectivity index (χ0) is 8.15. The number of nitrogens with zero attached hydrogens (tertiary/aromatic N) is 1. The van der Waals surface area contributed by atoms with Gasteiger partial charge in [-0.25, -0.2) is 0 Å². The Labute approximate surface area is 72.8 Å². The van der Waals surface area contributed by atoms with Crippen LogP contribution in [-0.4, -0.2) is 45.8 Å². The van der Waals surface area contributed by atoms with Crippen LogP contribution in [0.2, 0.25) is 0 Å². The molecule has 0 spiro atoms. The molecule has 0 aliphatic carbocycles. The quantitative estimate of drug-likeness (QED) is 0.534. The summed E-state index contributed by atoms with van der Waals surface area (Å²) in [5.74, 6) is 0. The molecule has 0 saturated heterocycles. The molecular weight excluding hydrogens is 170 g/mol. The number of rotatable bonds is 4. The number of hydroxylamine groups is 2. The third kappa shape index (κ3) is 10.1. The van der Waals surface area contributed by atoms with Gasteiger partial charge < -0.3 is 15.4 Å². The van der Waals surface area contributed by atoms with E-state index in [0.717, 1.165) is 5.06 Å². The van der Waals surface area contributed by atoms with Gasteiger partial charge in [0.25, 0.3) is 0 Å². The van der Waals surface area contributed by atoms with Gasteiger partial charge in [-0.3, -0.25) is 0 Å². The van der Waals surface area contributed by atoms with Crippen molar-refractivity contribution in [2.24, 2.45) is 0 Å². The molecule has 0 saturated carbocycles. The fourth-order valence-electron chi connectivity index (χ4n) is 0.685. The van der Waals surface area contributed by atoms with Crippen molar-refractivity contribution in [1.82, 2.24) is 5.06 Å². The van der Waals surface area contributed by atoms with Crippen molar-refractivity contribution in [3.05, 3.63) is 0 Å². The van der Waals surface area contributed by atoms with Crippen molar-refractivity contribution >= 4 is 12.4 Å². The van der Waals surface area contributed by atoms with E-state index in [0.29, 0.717) is 0 Å². The van der Waals surface area contributed by atoms with Crippen LogP contribution < -0.4 is 0 Å². The van der Waals surface area contributed by atoms with E-state index >= 15 is 0 Å². The first kappa shape index (κ1) is 13.7. The van der Waals surface area contributed by atoms with Crippen LogP contribution in [0.5, 0.6) is 0 Å². The molecule has 70 valence electrons. The highest BCUT2D eigenvalue weighted by molar-refractivity contribution is 5.85. The van der Waals surface area contributed by atoms with E-state index in [-0.39, 0.29) is 25.5 Å². The third-order valence-corrected chi connectivity index (χ3v) is 0.950. The molecule has 0 amide bonds. The fourth-order valence-corrected chi connectivity index (χ4v) is 0.685. The molecule has 0 aromatic carbocycles. The first-order valence-electron chi connectivity index (χ1n) is 3.32. The lowest BCUT2D eigenvalue weighted by atomic mass is 10.3. The van der Waals surface area contributed by atoms with Crippen LogP contribution in [0.1, 0.15) is 13.8 Å². The van der Waals surface area contributed by atoms with Crippen LogP contribution in [0, 0.1) is 0 Å². The first-order valence-corrected chi connectivity index (χ1v) is 3.32. The molecule has 0 bridgehead atoms. The molecule has 0 aliphatic heterocycles. The van der Waals surface area contributed by atoms with Crippen LogP contribution in [0.25, 0.3) is 0 Å². The monoisotopic (exact) mass is 185 g/mol. The Kier molecular flexibility index (Phi) is 8.49. The molecule has 0 radical (unpaired) electrons. The summed E-state index contributed by atoms with van der Waals surface area (Å²) in [7, 11) is 0. The predicted molar refractivity (Wildman–Crippen MR) is 44.0 cm³/mol. The Bertz CT molecular complexity index is 79.9. The molecule has 3 N–H and O–H groups in total. The first-order chi connectivity index (χ1) is 4.52. The van der Waals surface area contributed by atoms with Gasteiger partial charge in [0.1, 0.15) is 0 Å². The summed E-state index contributed by atoms with van der Waals surface area (Å²) in [5.41, 5.74) is 0. The molecule has 0 aliphatic rings. The lowest BCUT2D eigenvalue weighted by molar-refractivity contribution is -0.127. The highest BCUT2D eigenvalue weighted by Crippen LogP contribution is 1.89. The van der Waals surface area contributed by atoms with Gasteiger partial charge in [-0.1, -0.05) is 0 Å². The minimum absolute atomic E-state index is 0. The van der Waals surface area contributed by atoms with Gasteiger partial charge in [0, 0.05) is 13.1 Å². The summed E-state index contributed by atoms with van der Waals surface area (Å²) in [5, 5.41) is 27.3. The summed E-state index contributed by atoms with van der Waals surface area (Å²) < 4.78 is 0. The Morgan fingerprint density at radius 2 is 1.36 bits per heavy atom. The zero-order valence-electron chi connectivity index (χ0n) is 6.77. The van der Waals surface area contributed by atoms with Crippen molar-refractivity contribution in [3.63, 3.8) is 0 Å². The van der Waals surface area contributed by atoms with Gasteiger partial charge in [0.2, 0.25) is 0 Å². The lowest BCUT2D eigenvalue weighted by Gasteiger charge is -2.17. The van der Waals surface area contributed by atoms with Crippen molar-refractivity contribution in [2.45, 2.75) is 26.1 Å². The van der Waals surface area contributed by atoms with Crippen LogP contribution in [0.3, 0.4) is 0 Å². The van der Waals surface area contributed by atoms with Gasteiger partial charge in [-0.2, -0.15) is 5.06 Å². The fraction of sp³-hybridized carbons (Fsp3) is 1.00. The molecule has 0 aromatic rings. The number of aliphatic hydroxyl groups is 2. The zero-order valence-corrected chi connectivity index (χ0v) is 7.58. The van der Waals surface area contributed by atoms with Crippen LogP contribution in [-0.2, 0) is 0 Å². The molecule has 5 heteroatoms. The van der Waals surface area contributed by atoms with Gasteiger partial charge in [0.15, 0.2) is 0 Å². The number of hydrogen-bond donors (Lipinski definition) is 3. The van der Waals surface area contributed by atoms with Gasteiger partial charge in [-0.15, -0.1) is 12.4 Å². The molecule has 4 nitrogen and oxygen atoms in total. The summed E-state index contributed by atoms with van der Waals surface area (Å²) in [6, 6.07) is 0. The second-order valence-electron chi connectivity index (χ2n) is 2.57. The van der Waals surface area contributed by atoms with E-state index in [1.165, 1.54) is 0 Å². The number of hydrogen-bond acceptors (Lipinski definition) is 4. The number of halogens is 1. The largest absolute Gasteiger partial charge is 0.392 e. The Morgan fingerprint density at radius 1 is 1.09 bits per heavy atom. The molecule has 0 fully saturated rings. The van der Waals surface area contributed by atoms with Gasteiger partial charge in [-0.05, 0) is 13.8 Å². The van der Waals surface area contributed by atoms with Crippen molar-refractivity contribution in [1.29, 1.82) is 0 Å². The van der Waals surface area contributed by atoms with Crippen molar-refractivity contribution < 1.29 is 15.4 Å². The third-order valence-electron chi connectivity index (χ3n) is 0.950. The maximum absolute atomic E-state index is 8.90. The Balaban J connectivity index is 0. The predicted octanol–water partition coefficient (Wildman–Crippen LogP) is -0.139. The topological polar surface area (TPSA) is 63.9 Å². The minimum Gasteiger partial charge on any atom is -0.392 e. The van der Waals surface area contributed by atoms with Crippen LogP contribution in [0.15, 0.2) is 0 Å². The SMILES string of the molecule is CC(O)CN(O)CC(C)O.Cl. The molecule has 0 rings (SSSR count). The highest BCUT2D eigenvalue weighted by Gasteiger charge is 2.06. The van der Waals surface area contributed by atoms with Crippen LogP contribution >= 0.6 is 12.4 Å². The molecule has 11 heavy (non-hydrogen) atoms. The molecule has 2 unspecified atom stereocenters. The van der Waals surface area contributed by atoms with Crippen molar-refractivity contribution in [3.8, 4) is 0 Å². The summed E-state index contributed by atoms with van der Waals surface area (Å²) >= 11 is 0. The molecular formula is C6H16ClNO3. The van der Waals surface area contributed by atoms with Crippen molar-refractivity contribution in [2.75, 3.05) is 13.1 Å². The summed E-state index contributed by atoms with van der Waals surface area (Å²) in [6.07, 6.45) is -1.13. The lowest BCUT2D eigenvalue weighted by Crippen LogP contribution is -2.33. The van der Waals surface area contributed by atoms with E-state index in [2.05, 4.69) is 0 Å². The smallest absolute Gasteiger partial charge is 0.0662 e. The summed E-state index contributed by atoms with van der Waals surface area (Å²) in [6.45, 7) is 3.49. The molecule has 0 aromatic heterocycles. The van der Waals surface area contributed by atoms with Crippen LogP contribution in [0.4, 0.5) is 0 Å². The second kappa shape index (κ2) is 6.82. The molecule has 2 atom stereocenters. The Hall–Kier alpha value is 0.130. The maximum atomic E-state index is 8.90.